The van der Waals surface area contributed by atoms with Crippen molar-refractivity contribution in [2.24, 2.45) is 0 Å². The summed E-state index contributed by atoms with van der Waals surface area (Å²) in [4.78, 5) is 4.69. The number of ether oxygens (including phenoxy) is 2. The molecule has 0 radical (unpaired) electrons. The van der Waals surface area contributed by atoms with Crippen LogP contribution < -0.4 is 9.47 Å². The van der Waals surface area contributed by atoms with E-state index in [-0.39, 0.29) is 5.82 Å². The van der Waals surface area contributed by atoms with E-state index in [1.54, 1.807) is 26.4 Å². The maximum Gasteiger partial charge on any atom is 0.161 e. The third-order valence-corrected chi connectivity index (χ3v) is 6.30. The van der Waals surface area contributed by atoms with Crippen molar-refractivity contribution in [1.82, 2.24) is 14.8 Å². The quantitative estimate of drug-likeness (QED) is 0.250. The van der Waals surface area contributed by atoms with Crippen LogP contribution in [-0.4, -0.2) is 29.0 Å². The number of hydrogen-bond donors (Lipinski definition) is 0. The summed E-state index contributed by atoms with van der Waals surface area (Å²) < 4.78 is 26.0. The molecule has 2 heterocycles. The van der Waals surface area contributed by atoms with Gasteiger partial charge in [-0.15, -0.1) is 11.3 Å². The lowest BCUT2D eigenvalue weighted by atomic mass is 10.1. The van der Waals surface area contributed by atoms with Crippen molar-refractivity contribution in [3.8, 4) is 39.7 Å². The number of nitrogens with zero attached hydrogens (tertiary/aromatic N) is 3. The summed E-state index contributed by atoms with van der Waals surface area (Å²) in [5.74, 6) is 1.03. The molecular weight excluding hydrogens is 461 g/mol. The Morgan fingerprint density at radius 2 is 1.60 bits per heavy atom. The summed E-state index contributed by atoms with van der Waals surface area (Å²) in [5, 5.41) is 7.68. The second kappa shape index (κ2) is 9.95. The summed E-state index contributed by atoms with van der Waals surface area (Å²) in [7, 11) is 3.23. The lowest BCUT2D eigenvalue weighted by Gasteiger charge is -2.09. The van der Waals surface area contributed by atoms with Gasteiger partial charge >= 0.3 is 0 Å². The molecule has 0 fully saturated rings. The van der Waals surface area contributed by atoms with Crippen LogP contribution >= 0.6 is 11.3 Å². The second-order valence-corrected chi connectivity index (χ2v) is 8.58. The minimum Gasteiger partial charge on any atom is -0.493 e. The third-order valence-electron chi connectivity index (χ3n) is 5.49. The Morgan fingerprint density at radius 1 is 0.857 bits per heavy atom. The van der Waals surface area contributed by atoms with Gasteiger partial charge in [0, 0.05) is 28.3 Å². The minimum atomic E-state index is -0.262. The average Bonchev–Trinajstić information content (AvgIpc) is 3.55. The van der Waals surface area contributed by atoms with Gasteiger partial charge in [0.25, 0.3) is 0 Å². The van der Waals surface area contributed by atoms with E-state index in [2.05, 4.69) is 4.98 Å². The maximum atomic E-state index is 13.3. The molecule has 0 saturated heterocycles. The Hall–Kier alpha value is -4.23. The monoisotopic (exact) mass is 483 g/mol. The Labute approximate surface area is 206 Å². The van der Waals surface area contributed by atoms with Gasteiger partial charge in [-0.1, -0.05) is 18.2 Å². The number of aromatic nitrogens is 3. The zero-order valence-electron chi connectivity index (χ0n) is 19.2. The number of methoxy groups -OCH3 is 2. The van der Waals surface area contributed by atoms with Crippen molar-refractivity contribution in [1.29, 1.82) is 0 Å². The molecule has 7 heteroatoms. The predicted octanol–water partition coefficient (Wildman–Crippen LogP) is 6.99. The van der Waals surface area contributed by atoms with Gasteiger partial charge in [-0.2, -0.15) is 5.10 Å². The van der Waals surface area contributed by atoms with Gasteiger partial charge in [0.15, 0.2) is 11.5 Å². The summed E-state index contributed by atoms with van der Waals surface area (Å²) in [6.07, 6.45) is 5.96. The van der Waals surface area contributed by atoms with Gasteiger partial charge < -0.3 is 9.47 Å². The Morgan fingerprint density at radius 3 is 2.34 bits per heavy atom. The lowest BCUT2D eigenvalue weighted by molar-refractivity contribution is 0.355. The number of rotatable bonds is 7. The van der Waals surface area contributed by atoms with Crippen LogP contribution in [0.15, 0.2) is 84.4 Å². The molecule has 5 rings (SSSR count). The average molecular weight is 484 g/mol. The predicted molar refractivity (Wildman–Crippen MR) is 139 cm³/mol. The molecule has 0 aliphatic carbocycles. The Kier molecular flexibility index (Phi) is 6.41. The van der Waals surface area contributed by atoms with Crippen LogP contribution in [-0.2, 0) is 0 Å². The topological polar surface area (TPSA) is 49.2 Å². The molecule has 0 aliphatic rings. The molecule has 5 nitrogen and oxygen atoms in total. The van der Waals surface area contributed by atoms with E-state index in [0.717, 1.165) is 38.8 Å². The van der Waals surface area contributed by atoms with E-state index >= 15 is 0 Å². The molecule has 0 saturated carbocycles. The van der Waals surface area contributed by atoms with E-state index in [1.807, 2.05) is 76.9 Å². The SMILES string of the molecule is COc1ccc(-c2nn(-c3ccccc3)cc2/C=C/c2nc(-c3ccc(F)cc3)cs2)cc1OC. The van der Waals surface area contributed by atoms with Crippen molar-refractivity contribution < 1.29 is 13.9 Å². The van der Waals surface area contributed by atoms with E-state index in [0.29, 0.717) is 11.5 Å². The normalized spacial score (nSPS) is 11.2. The van der Waals surface area contributed by atoms with Crippen molar-refractivity contribution in [2.75, 3.05) is 14.2 Å². The molecule has 0 amide bonds. The van der Waals surface area contributed by atoms with E-state index in [4.69, 9.17) is 14.6 Å². The fourth-order valence-corrected chi connectivity index (χ4v) is 4.43. The van der Waals surface area contributed by atoms with Crippen molar-refractivity contribution in [3.63, 3.8) is 0 Å². The van der Waals surface area contributed by atoms with Crippen LogP contribution in [0, 0.1) is 5.82 Å². The highest BCUT2D eigenvalue weighted by Crippen LogP contribution is 2.34. The number of benzene rings is 3. The first-order valence-corrected chi connectivity index (χ1v) is 11.8. The lowest BCUT2D eigenvalue weighted by Crippen LogP contribution is -1.94. The van der Waals surface area contributed by atoms with Crippen molar-refractivity contribution in [2.45, 2.75) is 0 Å². The molecule has 0 bridgehead atoms. The molecule has 0 atom stereocenters. The molecular formula is C28H22FN3O2S. The molecule has 0 N–H and O–H groups in total. The molecule has 5 aromatic rings. The third kappa shape index (κ3) is 4.85. The van der Waals surface area contributed by atoms with Crippen LogP contribution in [0.25, 0.3) is 40.4 Å². The largest absolute Gasteiger partial charge is 0.493 e. The molecule has 0 aliphatic heterocycles. The molecule has 2 aromatic heterocycles. The zero-order chi connectivity index (χ0) is 24.2. The molecule has 3 aromatic carbocycles. The number of para-hydroxylation sites is 1. The van der Waals surface area contributed by atoms with Gasteiger partial charge in [0.2, 0.25) is 0 Å². The maximum absolute atomic E-state index is 13.3. The van der Waals surface area contributed by atoms with E-state index in [9.17, 15) is 4.39 Å². The number of halogens is 1. The van der Waals surface area contributed by atoms with Crippen LogP contribution in [0.2, 0.25) is 0 Å². The Bertz CT molecular complexity index is 1470. The highest BCUT2D eigenvalue weighted by molar-refractivity contribution is 7.10. The van der Waals surface area contributed by atoms with E-state index in [1.165, 1.54) is 23.5 Å². The summed E-state index contributed by atoms with van der Waals surface area (Å²) >= 11 is 1.53. The van der Waals surface area contributed by atoms with Gasteiger partial charge in [-0.3, -0.25) is 0 Å². The first-order chi connectivity index (χ1) is 17.1. The molecule has 0 spiro atoms. The van der Waals surface area contributed by atoms with Gasteiger partial charge in [0.05, 0.1) is 25.6 Å². The van der Waals surface area contributed by atoms with Crippen LogP contribution in [0.5, 0.6) is 11.5 Å². The first-order valence-electron chi connectivity index (χ1n) is 10.9. The summed E-state index contributed by atoms with van der Waals surface area (Å²) in [6.45, 7) is 0. The fourth-order valence-electron chi connectivity index (χ4n) is 3.71. The van der Waals surface area contributed by atoms with E-state index < -0.39 is 0 Å². The Balaban J connectivity index is 1.52. The fraction of sp³-hybridized carbons (Fsp3) is 0.0714. The van der Waals surface area contributed by atoms with Crippen molar-refractivity contribution in [3.05, 3.63) is 101 Å². The first kappa shape index (κ1) is 22.6. The van der Waals surface area contributed by atoms with Crippen LogP contribution in [0.4, 0.5) is 4.39 Å². The summed E-state index contributed by atoms with van der Waals surface area (Å²) in [6, 6.07) is 22.1. The van der Waals surface area contributed by atoms with Gasteiger partial charge in [0.1, 0.15) is 16.5 Å². The van der Waals surface area contributed by atoms with Crippen LogP contribution in [0.1, 0.15) is 10.6 Å². The van der Waals surface area contributed by atoms with Crippen LogP contribution in [0.3, 0.4) is 0 Å². The molecule has 35 heavy (non-hydrogen) atoms. The smallest absolute Gasteiger partial charge is 0.161 e. The van der Waals surface area contributed by atoms with Gasteiger partial charge in [-0.05, 0) is 66.7 Å². The highest BCUT2D eigenvalue weighted by Gasteiger charge is 2.14. The summed E-state index contributed by atoms with van der Waals surface area (Å²) in [5.41, 5.74) is 5.30. The number of hydrogen-bond acceptors (Lipinski definition) is 5. The molecule has 0 unspecified atom stereocenters. The minimum absolute atomic E-state index is 0.262. The second-order valence-electron chi connectivity index (χ2n) is 7.69. The highest BCUT2D eigenvalue weighted by atomic mass is 32.1. The van der Waals surface area contributed by atoms with Gasteiger partial charge in [-0.25, -0.2) is 14.1 Å². The standard InChI is InChI=1S/C28H22FN3O2S/c1-33-25-14-10-20(16-26(25)34-2)28-21(17-32(31-28)23-6-4-3-5-7-23)11-15-27-30-24(18-35-27)19-8-12-22(29)13-9-19/h3-18H,1-2H3/b15-11+. The zero-order valence-corrected chi connectivity index (χ0v) is 20.0. The van der Waals surface area contributed by atoms with Crippen molar-refractivity contribution >= 4 is 23.5 Å². The number of thiazole rings is 1. The molecule has 174 valence electrons.